The van der Waals surface area contributed by atoms with Gasteiger partial charge in [-0.1, -0.05) is 29.8 Å². The number of hydrogen-bond acceptors (Lipinski definition) is 5. The predicted octanol–water partition coefficient (Wildman–Crippen LogP) is 4.03. The molecule has 3 aromatic rings. The van der Waals surface area contributed by atoms with Gasteiger partial charge in [-0.3, -0.25) is 4.79 Å². The highest BCUT2D eigenvalue weighted by Gasteiger charge is 2.16. The van der Waals surface area contributed by atoms with E-state index >= 15 is 0 Å². The van der Waals surface area contributed by atoms with Crippen LogP contribution < -0.4 is 10.2 Å². The minimum atomic E-state index is -0.372. The zero-order valence-electron chi connectivity index (χ0n) is 12.6. The van der Waals surface area contributed by atoms with E-state index in [4.69, 9.17) is 16.3 Å². The van der Waals surface area contributed by atoms with E-state index in [0.717, 1.165) is 10.1 Å². The molecule has 0 atom stereocenters. The van der Waals surface area contributed by atoms with E-state index in [1.807, 2.05) is 24.3 Å². The molecule has 1 heterocycles. The van der Waals surface area contributed by atoms with Crippen LogP contribution in [0.2, 0.25) is 5.02 Å². The van der Waals surface area contributed by atoms with E-state index in [0.29, 0.717) is 21.2 Å². The highest BCUT2D eigenvalue weighted by molar-refractivity contribution is 7.21. The third-order valence-electron chi connectivity index (χ3n) is 3.32. The molecule has 2 N–H and O–H groups in total. The third kappa shape index (κ3) is 3.20. The number of hydrogen-bond donors (Lipinski definition) is 2. The van der Waals surface area contributed by atoms with E-state index < -0.39 is 0 Å². The van der Waals surface area contributed by atoms with Gasteiger partial charge in [-0.2, -0.15) is 5.10 Å². The van der Waals surface area contributed by atoms with E-state index in [2.05, 4.69) is 10.5 Å². The number of thiophene rings is 1. The van der Waals surface area contributed by atoms with Crippen molar-refractivity contribution in [1.82, 2.24) is 5.43 Å². The second-order valence-electron chi connectivity index (χ2n) is 4.87. The number of nitrogens with zero attached hydrogens (tertiary/aromatic N) is 1. The van der Waals surface area contributed by atoms with Gasteiger partial charge in [0, 0.05) is 10.1 Å². The van der Waals surface area contributed by atoms with Crippen molar-refractivity contribution in [2.24, 2.45) is 5.10 Å². The smallest absolute Gasteiger partial charge is 0.283 e. The molecule has 0 unspecified atom stereocenters. The molecule has 0 saturated heterocycles. The molecule has 0 radical (unpaired) electrons. The summed E-state index contributed by atoms with van der Waals surface area (Å²) in [5.74, 6) is -0.00300. The van der Waals surface area contributed by atoms with Crippen molar-refractivity contribution >= 4 is 45.1 Å². The van der Waals surface area contributed by atoms with Crippen molar-refractivity contribution in [3.8, 4) is 11.5 Å². The zero-order valence-corrected chi connectivity index (χ0v) is 14.2. The Balaban J connectivity index is 1.76. The lowest BCUT2D eigenvalue weighted by molar-refractivity contribution is 0.0959. The quantitative estimate of drug-likeness (QED) is 0.545. The molecule has 0 saturated carbocycles. The lowest BCUT2D eigenvalue weighted by Crippen LogP contribution is -2.16. The van der Waals surface area contributed by atoms with Gasteiger partial charge in [-0.15, -0.1) is 11.3 Å². The van der Waals surface area contributed by atoms with Crippen molar-refractivity contribution in [3.05, 3.63) is 57.9 Å². The molecule has 1 aromatic heterocycles. The molecule has 7 heteroatoms. The van der Waals surface area contributed by atoms with Gasteiger partial charge >= 0.3 is 0 Å². The number of halogens is 1. The van der Waals surface area contributed by atoms with Crippen LogP contribution in [0, 0.1) is 0 Å². The Labute approximate surface area is 147 Å². The molecule has 1 amide bonds. The number of benzene rings is 2. The number of fused-ring (bicyclic) bond motifs is 1. The fourth-order valence-electron chi connectivity index (χ4n) is 2.15. The van der Waals surface area contributed by atoms with Crippen LogP contribution in [0.1, 0.15) is 15.2 Å². The Morgan fingerprint density at radius 2 is 2.12 bits per heavy atom. The second-order valence-corrected chi connectivity index (χ2v) is 6.30. The molecular formula is C17H13ClN2O3S. The molecule has 0 aliphatic rings. The van der Waals surface area contributed by atoms with Crippen molar-refractivity contribution in [1.29, 1.82) is 0 Å². The molecule has 0 aliphatic heterocycles. The topological polar surface area (TPSA) is 70.9 Å². The summed E-state index contributed by atoms with van der Waals surface area (Å²) in [6, 6.07) is 12.3. The molecule has 0 spiro atoms. The Kier molecular flexibility index (Phi) is 4.69. The normalized spacial score (nSPS) is 11.1. The lowest BCUT2D eigenvalue weighted by atomic mass is 10.2. The molecule has 24 heavy (non-hydrogen) atoms. The maximum atomic E-state index is 12.2. The highest BCUT2D eigenvalue weighted by Crippen LogP contribution is 2.34. The largest absolute Gasteiger partial charge is 0.504 e. The molecule has 5 nitrogen and oxygen atoms in total. The Bertz CT molecular complexity index is 937. The Morgan fingerprint density at radius 1 is 1.33 bits per heavy atom. The van der Waals surface area contributed by atoms with Crippen LogP contribution in [0.15, 0.2) is 47.6 Å². The van der Waals surface area contributed by atoms with Crippen LogP contribution in [0.3, 0.4) is 0 Å². The van der Waals surface area contributed by atoms with Crippen LogP contribution in [0.4, 0.5) is 0 Å². The first-order valence-corrected chi connectivity index (χ1v) is 8.17. The average molecular weight is 361 g/mol. The van der Waals surface area contributed by atoms with Gasteiger partial charge in [0.25, 0.3) is 5.91 Å². The van der Waals surface area contributed by atoms with Gasteiger partial charge < -0.3 is 9.84 Å². The van der Waals surface area contributed by atoms with Crippen LogP contribution in [0.5, 0.6) is 11.5 Å². The molecule has 0 bridgehead atoms. The van der Waals surface area contributed by atoms with Gasteiger partial charge in [0.05, 0.1) is 18.3 Å². The summed E-state index contributed by atoms with van der Waals surface area (Å²) in [5, 5.41) is 14.7. The summed E-state index contributed by atoms with van der Waals surface area (Å²) in [6.45, 7) is 0. The third-order valence-corrected chi connectivity index (χ3v) is 5.00. The monoisotopic (exact) mass is 360 g/mol. The summed E-state index contributed by atoms with van der Waals surface area (Å²) in [6.07, 6.45) is 1.46. The fraction of sp³-hybridized carbons (Fsp3) is 0.0588. The van der Waals surface area contributed by atoms with Crippen molar-refractivity contribution in [2.75, 3.05) is 7.11 Å². The van der Waals surface area contributed by atoms with E-state index in [-0.39, 0.29) is 11.7 Å². The van der Waals surface area contributed by atoms with Gasteiger partial charge in [0.15, 0.2) is 11.5 Å². The predicted molar refractivity (Wildman–Crippen MR) is 96.6 cm³/mol. The Hall–Kier alpha value is -2.57. The van der Waals surface area contributed by atoms with Crippen LogP contribution in [0.25, 0.3) is 10.1 Å². The summed E-state index contributed by atoms with van der Waals surface area (Å²) < 4.78 is 5.96. The van der Waals surface area contributed by atoms with Crippen molar-refractivity contribution in [2.45, 2.75) is 0 Å². The average Bonchev–Trinajstić information content (AvgIpc) is 2.93. The first-order chi connectivity index (χ1) is 11.6. The summed E-state index contributed by atoms with van der Waals surface area (Å²) in [5.41, 5.74) is 3.13. The van der Waals surface area contributed by atoms with Crippen LogP contribution in [-0.4, -0.2) is 24.3 Å². The zero-order chi connectivity index (χ0) is 17.1. The lowest BCUT2D eigenvalue weighted by Gasteiger charge is -2.03. The molecule has 2 aromatic carbocycles. The number of hydrazone groups is 1. The summed E-state index contributed by atoms with van der Waals surface area (Å²) in [4.78, 5) is 12.7. The van der Waals surface area contributed by atoms with Gasteiger partial charge in [-0.25, -0.2) is 5.43 Å². The fourth-order valence-corrected chi connectivity index (χ4v) is 3.56. The van der Waals surface area contributed by atoms with E-state index in [1.54, 1.807) is 12.1 Å². The number of amides is 1. The number of carbonyl (C=O) groups is 1. The van der Waals surface area contributed by atoms with Gasteiger partial charge in [-0.05, 0) is 29.8 Å². The first-order valence-electron chi connectivity index (χ1n) is 6.97. The maximum absolute atomic E-state index is 12.2. The highest BCUT2D eigenvalue weighted by atomic mass is 35.5. The molecule has 122 valence electrons. The molecule has 0 aliphatic carbocycles. The van der Waals surface area contributed by atoms with Crippen molar-refractivity contribution < 1.29 is 14.6 Å². The number of aromatic hydroxyl groups is 1. The van der Waals surface area contributed by atoms with Gasteiger partial charge in [0.2, 0.25) is 0 Å². The summed E-state index contributed by atoms with van der Waals surface area (Å²) in [7, 11) is 1.46. The number of methoxy groups -OCH3 is 1. The van der Waals surface area contributed by atoms with Crippen LogP contribution >= 0.6 is 22.9 Å². The number of ether oxygens (including phenoxy) is 1. The minimum Gasteiger partial charge on any atom is -0.504 e. The molecule has 0 fully saturated rings. The standard InChI is InChI=1S/C17H13ClN2O3S/c1-23-13-8-10(6-7-12(13)21)9-19-20-17(22)16-15(18)11-4-2-3-5-14(11)24-16/h2-9,21H,1H3,(H,20,22). The van der Waals surface area contributed by atoms with Crippen molar-refractivity contribution in [3.63, 3.8) is 0 Å². The molecular weight excluding hydrogens is 348 g/mol. The minimum absolute atomic E-state index is 0.0377. The number of phenolic OH excluding ortho intramolecular Hbond substituents is 1. The van der Waals surface area contributed by atoms with E-state index in [9.17, 15) is 9.90 Å². The molecule has 3 rings (SSSR count). The number of phenols is 1. The number of carbonyl (C=O) groups excluding carboxylic acids is 1. The van der Waals surface area contributed by atoms with Crippen LogP contribution in [-0.2, 0) is 0 Å². The number of nitrogens with one attached hydrogen (secondary N) is 1. The Morgan fingerprint density at radius 3 is 2.88 bits per heavy atom. The number of rotatable bonds is 4. The first kappa shape index (κ1) is 16.3. The SMILES string of the molecule is COc1cc(C=NNC(=O)c2sc3ccccc3c2Cl)ccc1O. The maximum Gasteiger partial charge on any atom is 0.283 e. The van der Waals surface area contributed by atoms with E-state index in [1.165, 1.54) is 30.7 Å². The summed E-state index contributed by atoms with van der Waals surface area (Å²) >= 11 is 7.57. The second kappa shape index (κ2) is 6.90. The van der Waals surface area contributed by atoms with Gasteiger partial charge in [0.1, 0.15) is 4.88 Å².